The van der Waals surface area contributed by atoms with E-state index >= 15 is 0 Å². The molecule has 10 heteroatoms. The molecule has 0 aliphatic rings. The Morgan fingerprint density at radius 3 is 2.73 bits per heavy atom. The van der Waals surface area contributed by atoms with Crippen LogP contribution in [0.25, 0.3) is 5.69 Å². The summed E-state index contributed by atoms with van der Waals surface area (Å²) in [5.41, 5.74) is 1.88. The zero-order valence-corrected chi connectivity index (χ0v) is 17.7. The zero-order valence-electron chi connectivity index (χ0n) is 16.1. The van der Waals surface area contributed by atoms with Crippen LogP contribution in [0.5, 0.6) is 5.75 Å². The van der Waals surface area contributed by atoms with Gasteiger partial charge in [-0.25, -0.2) is 0 Å². The Morgan fingerprint density at radius 2 is 1.90 bits per heavy atom. The van der Waals surface area contributed by atoms with E-state index in [1.807, 2.05) is 59.2 Å². The fourth-order valence-electron chi connectivity index (χ4n) is 2.70. The number of amides is 1. The minimum Gasteiger partial charge on any atom is -0.495 e. The van der Waals surface area contributed by atoms with Crippen molar-refractivity contribution in [3.05, 3.63) is 76.5 Å². The maximum atomic E-state index is 12.3. The van der Waals surface area contributed by atoms with Crippen molar-refractivity contribution < 1.29 is 9.53 Å². The van der Waals surface area contributed by atoms with Crippen molar-refractivity contribution >= 4 is 29.0 Å². The van der Waals surface area contributed by atoms with Crippen molar-refractivity contribution in [2.45, 2.75) is 17.5 Å². The van der Waals surface area contributed by atoms with Gasteiger partial charge in [-0.1, -0.05) is 65.6 Å². The summed E-state index contributed by atoms with van der Waals surface area (Å²) in [6.45, 7) is 0.450. The van der Waals surface area contributed by atoms with E-state index in [-0.39, 0.29) is 5.91 Å². The highest BCUT2D eigenvalue weighted by molar-refractivity contribution is 7.98. The molecule has 2 aromatic heterocycles. The molecule has 0 aliphatic heterocycles. The average molecular weight is 439 g/mol. The number of carbonyl (C=O) groups is 1. The first-order chi connectivity index (χ1) is 14.7. The van der Waals surface area contributed by atoms with Gasteiger partial charge in [0.25, 0.3) is 5.91 Å². The molecule has 4 aromatic rings. The van der Waals surface area contributed by atoms with Crippen LogP contribution in [-0.4, -0.2) is 38.0 Å². The highest BCUT2D eigenvalue weighted by atomic mass is 32.2. The Hall–Kier alpha value is -3.24. The lowest BCUT2D eigenvalue weighted by molar-refractivity contribution is 0.0950. The van der Waals surface area contributed by atoms with Gasteiger partial charge in [0.1, 0.15) is 17.1 Å². The second-order valence-corrected chi connectivity index (χ2v) is 8.12. The molecule has 1 N–H and O–H groups in total. The first-order valence-electron chi connectivity index (χ1n) is 9.05. The lowest BCUT2D eigenvalue weighted by atomic mass is 10.2. The largest absolute Gasteiger partial charge is 0.495 e. The third-order valence-electron chi connectivity index (χ3n) is 4.14. The lowest BCUT2D eigenvalue weighted by Gasteiger charge is -2.10. The third kappa shape index (κ3) is 4.66. The Morgan fingerprint density at radius 1 is 1.10 bits per heavy atom. The quantitative estimate of drug-likeness (QED) is 0.422. The fourth-order valence-corrected chi connectivity index (χ4v) is 4.36. The van der Waals surface area contributed by atoms with E-state index in [9.17, 15) is 4.79 Å². The van der Waals surface area contributed by atoms with Crippen molar-refractivity contribution in [2.75, 3.05) is 7.11 Å². The maximum Gasteiger partial charge on any atom is 0.282 e. The molecule has 0 fully saturated rings. The standard InChI is InChI=1S/C20H18N6O2S2/c1-28-16-10-6-5-9-15(16)26-13-22-25-20(26)29-12-17-23-24-19(30-17)18(27)21-11-14-7-3-2-4-8-14/h2-10,13H,11-12H2,1H3,(H,21,27). The van der Waals surface area contributed by atoms with Gasteiger partial charge in [-0.15, -0.1) is 20.4 Å². The molecular formula is C20H18N6O2S2. The van der Waals surface area contributed by atoms with Gasteiger partial charge in [0.15, 0.2) is 5.16 Å². The highest BCUT2D eigenvalue weighted by Gasteiger charge is 2.15. The van der Waals surface area contributed by atoms with Crippen LogP contribution in [-0.2, 0) is 12.3 Å². The first kappa shape index (κ1) is 20.0. The van der Waals surface area contributed by atoms with E-state index in [4.69, 9.17) is 4.74 Å². The predicted molar refractivity (Wildman–Crippen MR) is 115 cm³/mol. The zero-order chi connectivity index (χ0) is 20.8. The molecule has 0 saturated heterocycles. The van der Waals surface area contributed by atoms with Crippen LogP contribution in [0.1, 0.15) is 20.4 Å². The molecule has 0 spiro atoms. The molecule has 0 atom stereocenters. The Balaban J connectivity index is 1.38. The summed E-state index contributed by atoms with van der Waals surface area (Å²) in [6.07, 6.45) is 1.64. The molecule has 4 rings (SSSR count). The SMILES string of the molecule is COc1ccccc1-n1cnnc1SCc1nnc(C(=O)NCc2ccccc2)s1. The molecule has 0 bridgehead atoms. The number of benzene rings is 2. The second kappa shape index (κ2) is 9.51. The molecule has 152 valence electrons. The number of rotatable bonds is 8. The summed E-state index contributed by atoms with van der Waals surface area (Å²) in [4.78, 5) is 12.3. The number of nitrogens with zero attached hydrogens (tertiary/aromatic N) is 5. The second-order valence-electron chi connectivity index (χ2n) is 6.11. The molecule has 2 aromatic carbocycles. The molecular weight excluding hydrogens is 420 g/mol. The maximum absolute atomic E-state index is 12.3. The molecule has 8 nitrogen and oxygen atoms in total. The number of aromatic nitrogens is 5. The van der Waals surface area contributed by atoms with E-state index in [1.165, 1.54) is 23.1 Å². The van der Waals surface area contributed by atoms with Gasteiger partial charge in [-0.05, 0) is 17.7 Å². The smallest absolute Gasteiger partial charge is 0.282 e. The molecule has 0 radical (unpaired) electrons. The number of ether oxygens (including phenoxy) is 1. The summed E-state index contributed by atoms with van der Waals surface area (Å²) in [6, 6.07) is 17.4. The Labute approximate surface area is 181 Å². The number of hydrogen-bond donors (Lipinski definition) is 1. The molecule has 0 aliphatic carbocycles. The molecule has 30 heavy (non-hydrogen) atoms. The number of para-hydroxylation sites is 2. The van der Waals surface area contributed by atoms with Crippen LogP contribution in [0.3, 0.4) is 0 Å². The predicted octanol–water partition coefficient (Wildman–Crippen LogP) is 3.35. The first-order valence-corrected chi connectivity index (χ1v) is 10.9. The van der Waals surface area contributed by atoms with Crippen molar-refractivity contribution in [1.29, 1.82) is 0 Å². The molecule has 0 unspecified atom stereocenters. The van der Waals surface area contributed by atoms with Gasteiger partial charge in [0, 0.05) is 6.54 Å². The van der Waals surface area contributed by atoms with E-state index in [1.54, 1.807) is 13.4 Å². The number of hydrogen-bond acceptors (Lipinski definition) is 8. The minimum absolute atomic E-state index is 0.232. The van der Waals surface area contributed by atoms with Gasteiger partial charge in [0.05, 0.1) is 18.6 Å². The monoisotopic (exact) mass is 438 g/mol. The summed E-state index contributed by atoms with van der Waals surface area (Å²) in [5, 5.41) is 21.0. The van der Waals surface area contributed by atoms with Crippen LogP contribution in [0.4, 0.5) is 0 Å². The van der Waals surface area contributed by atoms with Crippen LogP contribution < -0.4 is 10.1 Å². The highest BCUT2D eigenvalue weighted by Crippen LogP contribution is 2.28. The fraction of sp³-hybridized carbons (Fsp3) is 0.150. The number of carbonyl (C=O) groups excluding carboxylic acids is 1. The minimum atomic E-state index is -0.232. The van der Waals surface area contributed by atoms with Gasteiger partial charge >= 0.3 is 0 Å². The molecule has 0 saturated carbocycles. The van der Waals surface area contributed by atoms with Crippen LogP contribution in [0.15, 0.2) is 66.1 Å². The van der Waals surface area contributed by atoms with Crippen molar-refractivity contribution in [2.24, 2.45) is 0 Å². The molecule has 2 heterocycles. The summed E-state index contributed by atoms with van der Waals surface area (Å²) in [5.74, 6) is 1.02. The van der Waals surface area contributed by atoms with Gasteiger partial charge in [0.2, 0.25) is 5.01 Å². The van der Waals surface area contributed by atoms with E-state index < -0.39 is 0 Å². The van der Waals surface area contributed by atoms with Crippen LogP contribution >= 0.6 is 23.1 Å². The van der Waals surface area contributed by atoms with Gasteiger partial charge < -0.3 is 10.1 Å². The lowest BCUT2D eigenvalue weighted by Crippen LogP contribution is -2.22. The third-order valence-corrected chi connectivity index (χ3v) is 6.20. The van der Waals surface area contributed by atoms with Crippen LogP contribution in [0.2, 0.25) is 0 Å². The number of thioether (sulfide) groups is 1. The van der Waals surface area contributed by atoms with E-state index in [0.717, 1.165) is 22.0 Å². The average Bonchev–Trinajstić information content (AvgIpc) is 3.46. The van der Waals surface area contributed by atoms with Crippen molar-refractivity contribution in [3.63, 3.8) is 0 Å². The van der Waals surface area contributed by atoms with E-state index in [0.29, 0.717) is 22.5 Å². The topological polar surface area (TPSA) is 94.8 Å². The molecule has 1 amide bonds. The summed E-state index contributed by atoms with van der Waals surface area (Å²) >= 11 is 2.74. The Kier molecular flexibility index (Phi) is 6.35. The Bertz CT molecular complexity index is 1130. The summed E-state index contributed by atoms with van der Waals surface area (Å²) < 4.78 is 7.28. The summed E-state index contributed by atoms with van der Waals surface area (Å²) in [7, 11) is 1.63. The van der Waals surface area contributed by atoms with Crippen molar-refractivity contribution in [1.82, 2.24) is 30.3 Å². The van der Waals surface area contributed by atoms with Gasteiger partial charge in [-0.2, -0.15) is 0 Å². The number of methoxy groups -OCH3 is 1. The van der Waals surface area contributed by atoms with Crippen LogP contribution in [0, 0.1) is 0 Å². The van der Waals surface area contributed by atoms with Crippen molar-refractivity contribution in [3.8, 4) is 11.4 Å². The number of nitrogens with one attached hydrogen (secondary N) is 1. The van der Waals surface area contributed by atoms with Gasteiger partial charge in [-0.3, -0.25) is 9.36 Å². The van der Waals surface area contributed by atoms with E-state index in [2.05, 4.69) is 25.7 Å². The normalized spacial score (nSPS) is 10.7.